The van der Waals surface area contributed by atoms with E-state index >= 15 is 8.78 Å². The minimum atomic E-state index is -0.959. The van der Waals surface area contributed by atoms with Gasteiger partial charge in [0.1, 0.15) is 46.6 Å². The number of piperidine rings is 1. The van der Waals surface area contributed by atoms with Gasteiger partial charge in [-0.3, -0.25) is 10.2 Å². The molecule has 5 heterocycles. The minimum Gasteiger partial charge on any atom is -0.461 e. The van der Waals surface area contributed by atoms with Crippen LogP contribution >= 0.6 is 22.9 Å². The third-order valence-electron chi connectivity index (χ3n) is 11.2. The molecule has 0 radical (unpaired) electrons. The predicted octanol–water partition coefficient (Wildman–Crippen LogP) is 8.36. The summed E-state index contributed by atoms with van der Waals surface area (Å²) in [5.41, 5.74) is -1.52. The molecular formula is C38H40ClF3N6O4S. The molecule has 1 amide bonds. The van der Waals surface area contributed by atoms with Crippen molar-refractivity contribution in [2.24, 2.45) is 5.41 Å². The summed E-state index contributed by atoms with van der Waals surface area (Å²) in [7, 11) is 0. The maximum absolute atomic E-state index is 17.3. The fraction of sp³-hybridized carbons (Fsp3) is 0.526. The van der Waals surface area contributed by atoms with E-state index in [4.69, 9.17) is 26.1 Å². The normalized spacial score (nSPS) is 25.8. The minimum absolute atomic E-state index is 0.00983. The fourth-order valence-corrected chi connectivity index (χ4v) is 10.4. The molecule has 8 rings (SSSR count). The summed E-state index contributed by atoms with van der Waals surface area (Å²) in [6.45, 7) is 7.57. The van der Waals surface area contributed by atoms with Gasteiger partial charge in [-0.2, -0.15) is 15.2 Å². The molecule has 0 bridgehead atoms. The number of rotatable bonds is 6. The number of nitrogens with zero attached hydrogens (tertiary/aromatic N) is 5. The third-order valence-corrected chi connectivity index (χ3v) is 12.6. The van der Waals surface area contributed by atoms with Gasteiger partial charge in [-0.15, -0.1) is 11.3 Å². The summed E-state index contributed by atoms with van der Waals surface area (Å²) in [6.07, 6.45) is 3.04. The van der Waals surface area contributed by atoms with Crippen LogP contribution in [0.4, 0.5) is 28.8 Å². The van der Waals surface area contributed by atoms with Gasteiger partial charge in [-0.05, 0) is 89.0 Å². The van der Waals surface area contributed by atoms with E-state index in [0.717, 1.165) is 43.6 Å². The van der Waals surface area contributed by atoms with Crippen LogP contribution in [0.2, 0.25) is 5.02 Å². The first kappa shape index (κ1) is 36.1. The van der Waals surface area contributed by atoms with Crippen molar-refractivity contribution >= 4 is 60.8 Å². The SMILES string of the molecule is CC(C)(C)OC(=O)Nc1sc2c(F)ccc(-c3c(Cl)cc4c(N5CCCC6(CC(O)C6)C5)nc(OC[C@@]56CCCN5C[C@H](F)C6)nc4c3F)c2c1C#N. The number of halogens is 4. The average molecular weight is 769 g/mol. The topological polar surface area (TPSA) is 124 Å². The Hall–Kier alpha value is -3.90. The Morgan fingerprint density at radius 2 is 1.96 bits per heavy atom. The van der Waals surface area contributed by atoms with Gasteiger partial charge < -0.3 is 19.5 Å². The van der Waals surface area contributed by atoms with E-state index in [0.29, 0.717) is 50.1 Å². The summed E-state index contributed by atoms with van der Waals surface area (Å²) in [6, 6.07) is 6.10. The number of alkyl halides is 1. The smallest absolute Gasteiger partial charge is 0.412 e. The second kappa shape index (κ2) is 13.1. The standard InChI is InChI=1S/C38H40ClF3N6O4S/c1-36(2,3)52-35(50)46-33-24(16-43)27-22(6-7-26(41)31(27)53-33)28-25(39)12-23-30(29(28)42)44-34(51-19-38-9-5-11-48(38)17-20(40)13-38)45-32(23)47-10-4-8-37(18-47)14-21(49)15-37/h6-7,12,20-21,49H,4-5,8-11,13-15,17-19H2,1-3H3,(H,46,50)/t20-,21?,37?,38+/m1/s1. The molecule has 53 heavy (non-hydrogen) atoms. The summed E-state index contributed by atoms with van der Waals surface area (Å²) in [4.78, 5) is 26.3. The van der Waals surface area contributed by atoms with Crippen molar-refractivity contribution < 1.29 is 32.5 Å². The molecule has 10 nitrogen and oxygen atoms in total. The van der Waals surface area contributed by atoms with Crippen molar-refractivity contribution in [1.82, 2.24) is 14.9 Å². The zero-order valence-corrected chi connectivity index (χ0v) is 31.3. The van der Waals surface area contributed by atoms with Gasteiger partial charge in [-0.25, -0.2) is 18.0 Å². The van der Waals surface area contributed by atoms with Crippen molar-refractivity contribution in [3.63, 3.8) is 0 Å². The zero-order valence-electron chi connectivity index (χ0n) is 29.7. The molecule has 1 aliphatic carbocycles. The number of aliphatic hydroxyl groups is 1. The molecule has 0 unspecified atom stereocenters. The van der Waals surface area contributed by atoms with Crippen LogP contribution in [0.15, 0.2) is 18.2 Å². The number of hydrogen-bond donors (Lipinski definition) is 2. The van der Waals surface area contributed by atoms with E-state index in [1.54, 1.807) is 26.8 Å². The first-order valence-corrected chi connectivity index (χ1v) is 19.2. The molecule has 1 spiro atoms. The number of carbonyl (C=O) groups is 1. The molecule has 4 aromatic rings. The van der Waals surface area contributed by atoms with Gasteiger partial charge in [0, 0.05) is 42.4 Å². The largest absolute Gasteiger partial charge is 0.461 e. The Bertz CT molecular complexity index is 2180. The van der Waals surface area contributed by atoms with Crippen LogP contribution in [0.5, 0.6) is 6.01 Å². The lowest BCUT2D eigenvalue weighted by Crippen LogP contribution is -2.52. The lowest BCUT2D eigenvalue weighted by molar-refractivity contribution is -0.0396. The summed E-state index contributed by atoms with van der Waals surface area (Å²) in [5.74, 6) is -1.04. The number of thiophene rings is 1. The molecular weight excluding hydrogens is 729 g/mol. The first-order chi connectivity index (χ1) is 25.2. The van der Waals surface area contributed by atoms with Crippen LogP contribution in [0.3, 0.4) is 0 Å². The third kappa shape index (κ3) is 6.43. The average Bonchev–Trinajstić information content (AvgIpc) is 3.73. The van der Waals surface area contributed by atoms with Gasteiger partial charge in [0.05, 0.1) is 26.9 Å². The van der Waals surface area contributed by atoms with Crippen LogP contribution in [-0.4, -0.2) is 82.3 Å². The Balaban J connectivity index is 1.25. The highest BCUT2D eigenvalue weighted by molar-refractivity contribution is 7.23. The second-order valence-electron chi connectivity index (χ2n) is 16.1. The van der Waals surface area contributed by atoms with Gasteiger partial charge in [0.25, 0.3) is 0 Å². The molecule has 4 fully saturated rings. The van der Waals surface area contributed by atoms with Gasteiger partial charge in [0.15, 0.2) is 5.82 Å². The number of hydrogen-bond acceptors (Lipinski definition) is 10. The number of carbonyl (C=O) groups excluding carboxylic acids is 1. The molecule has 3 saturated heterocycles. The monoisotopic (exact) mass is 768 g/mol. The van der Waals surface area contributed by atoms with E-state index in [1.807, 2.05) is 0 Å². The van der Waals surface area contributed by atoms with Gasteiger partial charge in [0.2, 0.25) is 0 Å². The Kier molecular flexibility index (Phi) is 8.95. The zero-order chi connectivity index (χ0) is 37.4. The number of benzene rings is 2. The number of ether oxygens (including phenoxy) is 2. The summed E-state index contributed by atoms with van der Waals surface area (Å²) >= 11 is 7.78. The molecule has 280 valence electrons. The van der Waals surface area contributed by atoms with E-state index < -0.39 is 35.0 Å². The van der Waals surface area contributed by atoms with Crippen LogP contribution < -0.4 is 15.0 Å². The number of nitriles is 1. The number of aliphatic hydroxyl groups excluding tert-OH is 1. The van der Waals surface area contributed by atoms with Crippen molar-refractivity contribution in [3.05, 3.63) is 40.4 Å². The van der Waals surface area contributed by atoms with E-state index in [1.165, 1.54) is 12.1 Å². The van der Waals surface area contributed by atoms with Gasteiger partial charge in [-0.1, -0.05) is 17.7 Å². The Labute approximate surface area is 313 Å². The lowest BCUT2D eigenvalue weighted by atomic mass is 9.62. The molecule has 1 saturated carbocycles. The first-order valence-electron chi connectivity index (χ1n) is 18.0. The van der Waals surface area contributed by atoms with Gasteiger partial charge >= 0.3 is 12.1 Å². The highest BCUT2D eigenvalue weighted by atomic mass is 35.5. The van der Waals surface area contributed by atoms with Crippen molar-refractivity contribution in [2.45, 2.75) is 89.1 Å². The maximum atomic E-state index is 17.3. The maximum Gasteiger partial charge on any atom is 0.412 e. The van der Waals surface area contributed by atoms with E-state index in [-0.39, 0.29) is 66.5 Å². The molecule has 2 aromatic heterocycles. The quantitative estimate of drug-likeness (QED) is 0.199. The highest BCUT2D eigenvalue weighted by Crippen LogP contribution is 2.50. The molecule has 4 aliphatic rings. The molecule has 15 heteroatoms. The van der Waals surface area contributed by atoms with E-state index in [2.05, 4.69) is 26.2 Å². The second-order valence-corrected chi connectivity index (χ2v) is 17.5. The van der Waals surface area contributed by atoms with Crippen LogP contribution in [0.25, 0.3) is 32.1 Å². The number of fused-ring (bicyclic) bond motifs is 3. The number of nitrogens with one attached hydrogen (secondary N) is 1. The van der Waals surface area contributed by atoms with E-state index in [9.17, 15) is 19.6 Å². The number of anilines is 2. The fourth-order valence-electron chi connectivity index (χ4n) is 8.99. The Morgan fingerprint density at radius 3 is 2.70 bits per heavy atom. The highest BCUT2D eigenvalue weighted by Gasteiger charge is 2.50. The van der Waals surface area contributed by atoms with Crippen molar-refractivity contribution in [1.29, 1.82) is 5.26 Å². The van der Waals surface area contributed by atoms with Crippen molar-refractivity contribution in [3.8, 4) is 23.2 Å². The number of amides is 1. The molecule has 2 aromatic carbocycles. The lowest BCUT2D eigenvalue weighted by Gasteiger charge is -2.51. The predicted molar refractivity (Wildman–Crippen MR) is 198 cm³/mol. The van der Waals surface area contributed by atoms with Crippen molar-refractivity contribution in [2.75, 3.05) is 43.0 Å². The molecule has 2 N–H and O–H groups in total. The molecule has 2 atom stereocenters. The van der Waals surface area contributed by atoms with Crippen LogP contribution in [-0.2, 0) is 4.74 Å². The summed E-state index contributed by atoms with van der Waals surface area (Å²) < 4.78 is 58.9. The van der Waals surface area contributed by atoms with Crippen LogP contribution in [0.1, 0.15) is 71.3 Å². The van der Waals surface area contributed by atoms with Crippen LogP contribution in [0, 0.1) is 28.4 Å². The number of aromatic nitrogens is 2. The summed E-state index contributed by atoms with van der Waals surface area (Å²) in [5, 5.41) is 23.5. The Morgan fingerprint density at radius 1 is 1.19 bits per heavy atom. The molecule has 3 aliphatic heterocycles.